The van der Waals surface area contributed by atoms with E-state index in [1.807, 2.05) is 30.3 Å². The van der Waals surface area contributed by atoms with E-state index in [4.69, 9.17) is 0 Å². The number of pyridine rings is 1. The standard InChI is InChI=1S/C12H14N4.ClH/c1-16-8-11(7-15-16)9-4-10-5-13-3-2-12(10)14-6-9;/h4,6-8,13H,2-3,5H2,1H3;1H. The fourth-order valence-electron chi connectivity index (χ4n) is 2.07. The lowest BCUT2D eigenvalue weighted by molar-refractivity contribution is 0.630. The molecule has 2 aromatic rings. The van der Waals surface area contributed by atoms with E-state index in [0.717, 1.165) is 30.6 Å². The van der Waals surface area contributed by atoms with Crippen LogP contribution in [0.3, 0.4) is 0 Å². The summed E-state index contributed by atoms with van der Waals surface area (Å²) in [6, 6.07) is 2.21. The SMILES string of the molecule is Cl.Cn1cc(-c2cnc3c(c2)CNCC3)cn1. The fourth-order valence-corrected chi connectivity index (χ4v) is 2.07. The van der Waals surface area contributed by atoms with Crippen LogP contribution in [0.1, 0.15) is 11.3 Å². The fraction of sp³-hybridized carbons (Fsp3) is 0.333. The van der Waals surface area contributed by atoms with Gasteiger partial charge >= 0.3 is 0 Å². The molecule has 90 valence electrons. The highest BCUT2D eigenvalue weighted by Gasteiger charge is 2.11. The van der Waals surface area contributed by atoms with Crippen molar-refractivity contribution in [2.24, 2.45) is 7.05 Å². The van der Waals surface area contributed by atoms with E-state index < -0.39 is 0 Å². The largest absolute Gasteiger partial charge is 0.312 e. The number of aryl methyl sites for hydroxylation is 1. The van der Waals surface area contributed by atoms with E-state index in [9.17, 15) is 0 Å². The average molecular weight is 251 g/mol. The molecule has 1 N–H and O–H groups in total. The molecule has 0 bridgehead atoms. The van der Waals surface area contributed by atoms with Crippen molar-refractivity contribution in [2.45, 2.75) is 13.0 Å². The minimum Gasteiger partial charge on any atom is -0.312 e. The number of halogens is 1. The zero-order valence-corrected chi connectivity index (χ0v) is 10.5. The molecule has 0 aromatic carbocycles. The highest BCUT2D eigenvalue weighted by atomic mass is 35.5. The molecule has 0 saturated heterocycles. The zero-order valence-electron chi connectivity index (χ0n) is 9.68. The van der Waals surface area contributed by atoms with Gasteiger partial charge in [0.2, 0.25) is 0 Å². The smallest absolute Gasteiger partial charge is 0.0568 e. The maximum Gasteiger partial charge on any atom is 0.0568 e. The molecule has 0 unspecified atom stereocenters. The number of hydrogen-bond acceptors (Lipinski definition) is 3. The Bertz CT molecular complexity index is 521. The van der Waals surface area contributed by atoms with Gasteiger partial charge in [-0.15, -0.1) is 12.4 Å². The molecule has 2 aromatic heterocycles. The molecule has 4 nitrogen and oxygen atoms in total. The van der Waals surface area contributed by atoms with Gasteiger partial charge < -0.3 is 5.32 Å². The molecular weight excluding hydrogens is 236 g/mol. The van der Waals surface area contributed by atoms with Crippen LogP contribution in [-0.4, -0.2) is 21.3 Å². The van der Waals surface area contributed by atoms with Gasteiger partial charge in [-0.1, -0.05) is 0 Å². The molecule has 3 rings (SSSR count). The van der Waals surface area contributed by atoms with Crippen LogP contribution in [0.2, 0.25) is 0 Å². The molecule has 0 fully saturated rings. The summed E-state index contributed by atoms with van der Waals surface area (Å²) in [6.45, 7) is 1.96. The highest BCUT2D eigenvalue weighted by Crippen LogP contribution is 2.21. The van der Waals surface area contributed by atoms with Crippen LogP contribution < -0.4 is 5.32 Å². The van der Waals surface area contributed by atoms with Crippen LogP contribution in [-0.2, 0) is 20.0 Å². The van der Waals surface area contributed by atoms with Gasteiger partial charge in [0.1, 0.15) is 0 Å². The minimum absolute atomic E-state index is 0. The lowest BCUT2D eigenvalue weighted by Gasteiger charge is -2.16. The quantitative estimate of drug-likeness (QED) is 0.835. The summed E-state index contributed by atoms with van der Waals surface area (Å²) in [5.74, 6) is 0. The Morgan fingerprint density at radius 3 is 2.94 bits per heavy atom. The van der Waals surface area contributed by atoms with E-state index >= 15 is 0 Å². The van der Waals surface area contributed by atoms with Crippen molar-refractivity contribution in [3.05, 3.63) is 35.9 Å². The second-order valence-electron chi connectivity index (χ2n) is 4.16. The summed E-state index contributed by atoms with van der Waals surface area (Å²) in [5, 5.41) is 7.54. The summed E-state index contributed by atoms with van der Waals surface area (Å²) >= 11 is 0. The maximum atomic E-state index is 4.53. The number of nitrogens with one attached hydrogen (secondary N) is 1. The molecule has 5 heteroatoms. The van der Waals surface area contributed by atoms with E-state index in [-0.39, 0.29) is 12.4 Å². The Hall–Kier alpha value is -1.39. The maximum absolute atomic E-state index is 4.53. The Kier molecular flexibility index (Phi) is 3.45. The molecule has 1 aliphatic rings. The molecule has 3 heterocycles. The summed E-state index contributed by atoms with van der Waals surface area (Å²) in [6.07, 6.45) is 6.86. The van der Waals surface area contributed by atoms with Crippen molar-refractivity contribution in [3.63, 3.8) is 0 Å². The van der Waals surface area contributed by atoms with Gasteiger partial charge in [0.25, 0.3) is 0 Å². The lowest BCUT2D eigenvalue weighted by atomic mass is 10.0. The molecule has 0 spiro atoms. The molecular formula is C12H15ClN4. The van der Waals surface area contributed by atoms with Crippen LogP contribution in [0.4, 0.5) is 0 Å². The monoisotopic (exact) mass is 250 g/mol. The molecule has 1 aliphatic heterocycles. The van der Waals surface area contributed by atoms with Crippen molar-refractivity contribution in [1.82, 2.24) is 20.1 Å². The average Bonchev–Trinajstić information content (AvgIpc) is 2.75. The Morgan fingerprint density at radius 2 is 2.18 bits per heavy atom. The van der Waals surface area contributed by atoms with Crippen molar-refractivity contribution in [2.75, 3.05) is 6.54 Å². The van der Waals surface area contributed by atoms with Crippen molar-refractivity contribution in [1.29, 1.82) is 0 Å². The lowest BCUT2D eigenvalue weighted by Crippen LogP contribution is -2.24. The normalized spacial score (nSPS) is 13.9. The van der Waals surface area contributed by atoms with Crippen LogP contribution in [0.15, 0.2) is 24.7 Å². The Labute approximate surface area is 106 Å². The number of aromatic nitrogens is 3. The molecule has 0 atom stereocenters. The Balaban J connectivity index is 0.00000108. The van der Waals surface area contributed by atoms with E-state index in [2.05, 4.69) is 21.5 Å². The topological polar surface area (TPSA) is 42.7 Å². The van der Waals surface area contributed by atoms with Gasteiger partial charge in [0, 0.05) is 55.8 Å². The third-order valence-corrected chi connectivity index (χ3v) is 2.95. The van der Waals surface area contributed by atoms with Crippen LogP contribution >= 0.6 is 12.4 Å². The van der Waals surface area contributed by atoms with Gasteiger partial charge in [-0.3, -0.25) is 9.67 Å². The van der Waals surface area contributed by atoms with E-state index in [0.29, 0.717) is 0 Å². The summed E-state index contributed by atoms with van der Waals surface area (Å²) in [5.41, 5.74) is 4.82. The second-order valence-corrected chi connectivity index (χ2v) is 4.16. The van der Waals surface area contributed by atoms with Gasteiger partial charge in [-0.2, -0.15) is 5.10 Å². The van der Waals surface area contributed by atoms with E-state index in [1.165, 1.54) is 11.3 Å². The zero-order chi connectivity index (χ0) is 11.0. The molecule has 0 radical (unpaired) electrons. The van der Waals surface area contributed by atoms with Gasteiger partial charge in [-0.05, 0) is 11.6 Å². The molecule has 0 aliphatic carbocycles. The third kappa shape index (κ3) is 2.33. The van der Waals surface area contributed by atoms with Gasteiger partial charge in [-0.25, -0.2) is 0 Å². The summed E-state index contributed by atoms with van der Waals surface area (Å²) < 4.78 is 1.81. The first kappa shape index (κ1) is 12.1. The number of rotatable bonds is 1. The van der Waals surface area contributed by atoms with Crippen molar-refractivity contribution in [3.8, 4) is 11.1 Å². The van der Waals surface area contributed by atoms with Crippen LogP contribution in [0.5, 0.6) is 0 Å². The summed E-state index contributed by atoms with van der Waals surface area (Å²) in [7, 11) is 1.93. The first-order valence-corrected chi connectivity index (χ1v) is 5.50. The second kappa shape index (κ2) is 4.85. The minimum atomic E-state index is 0. The van der Waals surface area contributed by atoms with E-state index in [1.54, 1.807) is 0 Å². The predicted octanol–water partition coefficient (Wildman–Crippen LogP) is 1.55. The first-order valence-electron chi connectivity index (χ1n) is 5.50. The van der Waals surface area contributed by atoms with Crippen LogP contribution in [0.25, 0.3) is 11.1 Å². The van der Waals surface area contributed by atoms with Gasteiger partial charge in [0.15, 0.2) is 0 Å². The Morgan fingerprint density at radius 1 is 1.29 bits per heavy atom. The molecule has 17 heavy (non-hydrogen) atoms. The molecule has 0 amide bonds. The van der Waals surface area contributed by atoms with Crippen molar-refractivity contribution >= 4 is 12.4 Å². The molecule has 0 saturated carbocycles. The van der Waals surface area contributed by atoms with Crippen LogP contribution in [0, 0.1) is 0 Å². The van der Waals surface area contributed by atoms with Gasteiger partial charge in [0.05, 0.1) is 6.20 Å². The third-order valence-electron chi connectivity index (χ3n) is 2.95. The predicted molar refractivity (Wildman–Crippen MR) is 69.1 cm³/mol. The van der Waals surface area contributed by atoms with Crippen molar-refractivity contribution < 1.29 is 0 Å². The summed E-state index contributed by atoms with van der Waals surface area (Å²) in [4.78, 5) is 4.53. The number of fused-ring (bicyclic) bond motifs is 1. The number of nitrogens with zero attached hydrogens (tertiary/aromatic N) is 3. The first-order chi connectivity index (χ1) is 7.83. The highest BCUT2D eigenvalue weighted by molar-refractivity contribution is 5.85. The number of hydrogen-bond donors (Lipinski definition) is 1.